The number of nitrogens with zero attached hydrogens (tertiary/aromatic N) is 1. The third-order valence-electron chi connectivity index (χ3n) is 4.62. The van der Waals surface area contributed by atoms with Gasteiger partial charge in [0.25, 0.3) is 5.91 Å². The number of ether oxygens (including phenoxy) is 1. The van der Waals surface area contributed by atoms with Gasteiger partial charge in [0.2, 0.25) is 5.91 Å². The van der Waals surface area contributed by atoms with E-state index < -0.39 is 35.9 Å². The van der Waals surface area contributed by atoms with Crippen molar-refractivity contribution in [2.45, 2.75) is 19.4 Å². The molecular weight excluding hydrogens is 374 g/mol. The number of carbonyl (C=O) groups excluding carboxylic acids is 4. The van der Waals surface area contributed by atoms with Crippen LogP contribution in [0.1, 0.15) is 29.8 Å². The minimum absolute atomic E-state index is 0.189. The molecule has 1 atom stereocenters. The molecule has 2 aromatic carbocycles. The highest BCUT2D eigenvalue weighted by atomic mass is 16.5. The second-order valence-corrected chi connectivity index (χ2v) is 6.63. The fourth-order valence-electron chi connectivity index (χ4n) is 3.12. The zero-order valence-electron chi connectivity index (χ0n) is 16.1. The highest BCUT2D eigenvalue weighted by Crippen LogP contribution is 2.28. The van der Waals surface area contributed by atoms with Crippen molar-refractivity contribution in [3.63, 3.8) is 0 Å². The summed E-state index contributed by atoms with van der Waals surface area (Å²) in [5, 5.41) is 5.22. The summed E-state index contributed by atoms with van der Waals surface area (Å²) >= 11 is 0. The van der Waals surface area contributed by atoms with Gasteiger partial charge in [0, 0.05) is 0 Å². The standard InChI is InChI=1S/C21H21N3O5/c1-3-29-18(26)15-11-7-8-12-16(15)22-17(25)13-24-19(27)21(2,23-20(24)28)14-9-5-4-6-10-14/h4-12H,3,13H2,1-2H3,(H,22,25)(H,23,28). The Kier molecular flexibility index (Phi) is 5.63. The van der Waals surface area contributed by atoms with Crippen molar-refractivity contribution in [1.82, 2.24) is 10.2 Å². The normalized spacial score (nSPS) is 18.3. The van der Waals surface area contributed by atoms with Crippen LogP contribution in [-0.4, -0.2) is 41.9 Å². The van der Waals surface area contributed by atoms with Gasteiger partial charge in [-0.3, -0.25) is 14.5 Å². The lowest BCUT2D eigenvalue weighted by Gasteiger charge is -2.22. The molecule has 3 rings (SSSR count). The highest BCUT2D eigenvalue weighted by Gasteiger charge is 2.49. The predicted molar refractivity (Wildman–Crippen MR) is 105 cm³/mol. The number of rotatable bonds is 6. The summed E-state index contributed by atoms with van der Waals surface area (Å²) in [4.78, 5) is 50.6. The van der Waals surface area contributed by atoms with E-state index in [4.69, 9.17) is 4.74 Å². The number of benzene rings is 2. The number of anilines is 1. The molecule has 150 valence electrons. The quantitative estimate of drug-likeness (QED) is 0.577. The van der Waals surface area contributed by atoms with Gasteiger partial charge in [0.05, 0.1) is 17.9 Å². The average molecular weight is 395 g/mol. The van der Waals surface area contributed by atoms with Crippen molar-refractivity contribution in [1.29, 1.82) is 0 Å². The maximum absolute atomic E-state index is 12.9. The Morgan fingerprint density at radius 2 is 1.72 bits per heavy atom. The van der Waals surface area contributed by atoms with Crippen molar-refractivity contribution in [3.8, 4) is 0 Å². The molecule has 0 saturated carbocycles. The van der Waals surface area contributed by atoms with Crippen molar-refractivity contribution >= 4 is 29.5 Å². The van der Waals surface area contributed by atoms with Crippen LogP contribution in [0.15, 0.2) is 54.6 Å². The summed E-state index contributed by atoms with van der Waals surface area (Å²) in [5.74, 6) is -1.71. The van der Waals surface area contributed by atoms with Crippen LogP contribution in [0.4, 0.5) is 10.5 Å². The average Bonchev–Trinajstić information content (AvgIpc) is 2.93. The van der Waals surface area contributed by atoms with E-state index in [-0.39, 0.29) is 17.9 Å². The van der Waals surface area contributed by atoms with Gasteiger partial charge in [-0.1, -0.05) is 42.5 Å². The molecule has 0 aromatic heterocycles. The molecule has 4 amide bonds. The number of esters is 1. The van der Waals surface area contributed by atoms with Crippen LogP contribution in [-0.2, 0) is 19.9 Å². The van der Waals surface area contributed by atoms with Gasteiger partial charge < -0.3 is 15.4 Å². The fourth-order valence-corrected chi connectivity index (χ4v) is 3.12. The minimum Gasteiger partial charge on any atom is -0.462 e. The number of imide groups is 1. The third-order valence-corrected chi connectivity index (χ3v) is 4.62. The zero-order chi connectivity index (χ0) is 21.0. The molecule has 1 heterocycles. The van der Waals surface area contributed by atoms with Gasteiger partial charge in [0.1, 0.15) is 12.1 Å². The summed E-state index contributed by atoms with van der Waals surface area (Å²) in [5.41, 5.74) is -0.196. The summed E-state index contributed by atoms with van der Waals surface area (Å²) in [7, 11) is 0. The highest BCUT2D eigenvalue weighted by molar-refractivity contribution is 6.10. The molecule has 29 heavy (non-hydrogen) atoms. The monoisotopic (exact) mass is 395 g/mol. The molecule has 1 fully saturated rings. The lowest BCUT2D eigenvalue weighted by atomic mass is 9.92. The van der Waals surface area contributed by atoms with Gasteiger partial charge in [0.15, 0.2) is 0 Å². The number of hydrogen-bond acceptors (Lipinski definition) is 5. The fraction of sp³-hybridized carbons (Fsp3) is 0.238. The van der Waals surface area contributed by atoms with Crippen LogP contribution >= 0.6 is 0 Å². The predicted octanol–water partition coefficient (Wildman–Crippen LogP) is 2.27. The van der Waals surface area contributed by atoms with E-state index in [9.17, 15) is 19.2 Å². The molecule has 0 bridgehead atoms. The number of hydrogen-bond donors (Lipinski definition) is 2. The lowest BCUT2D eigenvalue weighted by Crippen LogP contribution is -2.42. The Morgan fingerprint density at radius 1 is 1.07 bits per heavy atom. The van der Waals surface area contributed by atoms with Crippen LogP contribution in [0.5, 0.6) is 0 Å². The molecule has 0 radical (unpaired) electrons. The first-order chi connectivity index (χ1) is 13.9. The van der Waals surface area contributed by atoms with Crippen LogP contribution in [0, 0.1) is 0 Å². The first-order valence-electron chi connectivity index (χ1n) is 9.12. The number of carbonyl (C=O) groups is 4. The first-order valence-corrected chi connectivity index (χ1v) is 9.12. The van der Waals surface area contributed by atoms with E-state index in [1.54, 1.807) is 62.4 Å². The molecule has 1 unspecified atom stereocenters. The Hall–Kier alpha value is -3.68. The second-order valence-electron chi connectivity index (χ2n) is 6.63. The van der Waals surface area contributed by atoms with Gasteiger partial charge >= 0.3 is 12.0 Å². The molecule has 8 heteroatoms. The number of amides is 4. The molecular formula is C21H21N3O5. The Labute approximate surface area is 167 Å². The molecule has 8 nitrogen and oxygen atoms in total. The van der Waals surface area contributed by atoms with Crippen molar-refractivity contribution in [2.75, 3.05) is 18.5 Å². The summed E-state index contributed by atoms with van der Waals surface area (Å²) in [6.07, 6.45) is 0. The largest absolute Gasteiger partial charge is 0.462 e. The van der Waals surface area contributed by atoms with Gasteiger partial charge in [-0.15, -0.1) is 0 Å². The van der Waals surface area contributed by atoms with Crippen molar-refractivity contribution in [3.05, 3.63) is 65.7 Å². The van der Waals surface area contributed by atoms with Crippen LogP contribution in [0.25, 0.3) is 0 Å². The van der Waals surface area contributed by atoms with Crippen LogP contribution < -0.4 is 10.6 Å². The van der Waals surface area contributed by atoms with Gasteiger partial charge in [-0.05, 0) is 31.5 Å². The minimum atomic E-state index is -1.25. The number of para-hydroxylation sites is 1. The van der Waals surface area contributed by atoms with Crippen molar-refractivity contribution < 1.29 is 23.9 Å². The number of urea groups is 1. The topological polar surface area (TPSA) is 105 Å². The SMILES string of the molecule is CCOC(=O)c1ccccc1NC(=O)CN1C(=O)NC(C)(c2ccccc2)C1=O. The van der Waals surface area contributed by atoms with Crippen molar-refractivity contribution in [2.24, 2.45) is 0 Å². The molecule has 2 aromatic rings. The smallest absolute Gasteiger partial charge is 0.340 e. The van der Waals surface area contributed by atoms with Gasteiger partial charge in [-0.25, -0.2) is 9.59 Å². The molecule has 1 aliphatic rings. The Morgan fingerprint density at radius 3 is 2.41 bits per heavy atom. The molecule has 0 aliphatic carbocycles. The molecule has 0 spiro atoms. The van der Waals surface area contributed by atoms with E-state index in [1.165, 1.54) is 6.07 Å². The summed E-state index contributed by atoms with van der Waals surface area (Å²) in [6, 6.07) is 14.5. The van der Waals surface area contributed by atoms with E-state index in [0.717, 1.165) is 4.90 Å². The maximum atomic E-state index is 12.9. The number of nitrogens with one attached hydrogen (secondary N) is 2. The Bertz CT molecular complexity index is 960. The second kappa shape index (κ2) is 8.14. The van der Waals surface area contributed by atoms with Crippen LogP contribution in [0.2, 0.25) is 0 Å². The maximum Gasteiger partial charge on any atom is 0.340 e. The zero-order valence-corrected chi connectivity index (χ0v) is 16.1. The van der Waals surface area contributed by atoms with E-state index >= 15 is 0 Å². The Balaban J connectivity index is 1.74. The molecule has 1 aliphatic heterocycles. The van der Waals surface area contributed by atoms with Crippen LogP contribution in [0.3, 0.4) is 0 Å². The van der Waals surface area contributed by atoms with E-state index in [0.29, 0.717) is 5.56 Å². The van der Waals surface area contributed by atoms with E-state index in [1.807, 2.05) is 0 Å². The summed E-state index contributed by atoms with van der Waals surface area (Å²) in [6.45, 7) is 2.99. The molecule has 2 N–H and O–H groups in total. The lowest BCUT2D eigenvalue weighted by molar-refractivity contribution is -0.133. The first kappa shape index (κ1) is 20.1. The molecule has 1 saturated heterocycles. The third kappa shape index (κ3) is 3.96. The van der Waals surface area contributed by atoms with E-state index in [2.05, 4.69) is 10.6 Å². The van der Waals surface area contributed by atoms with Gasteiger partial charge in [-0.2, -0.15) is 0 Å². The summed E-state index contributed by atoms with van der Waals surface area (Å²) < 4.78 is 4.98.